The average Bonchev–Trinajstić information content (AvgIpc) is 3.24. The Morgan fingerprint density at radius 2 is 1.93 bits per heavy atom. The minimum atomic E-state index is -0.694. The van der Waals surface area contributed by atoms with Crippen molar-refractivity contribution in [3.63, 3.8) is 0 Å². The summed E-state index contributed by atoms with van der Waals surface area (Å²) < 4.78 is 31.1. The zero-order valence-electron chi connectivity index (χ0n) is 14.5. The maximum atomic E-state index is 13.4. The molecule has 0 spiro atoms. The molecule has 1 radical (unpaired) electrons. The molecule has 4 rings (SSSR count). The molecule has 3 heterocycles. The van der Waals surface area contributed by atoms with Gasteiger partial charge in [0.25, 0.3) is 0 Å². The van der Waals surface area contributed by atoms with Crippen molar-refractivity contribution < 1.29 is 33.6 Å². The summed E-state index contributed by atoms with van der Waals surface area (Å²) in [7, 11) is 1.50. The third-order valence-corrected chi connectivity index (χ3v) is 3.98. The van der Waals surface area contributed by atoms with Gasteiger partial charge in [0.1, 0.15) is 5.75 Å². The van der Waals surface area contributed by atoms with Gasteiger partial charge < -0.3 is 14.7 Å². The van der Waals surface area contributed by atoms with Crippen molar-refractivity contribution in [1.29, 1.82) is 0 Å². The van der Waals surface area contributed by atoms with E-state index in [1.807, 2.05) is 17.5 Å². The van der Waals surface area contributed by atoms with Crippen LogP contribution in [-0.2, 0) is 20.1 Å². The monoisotopic (exact) mass is 574 g/mol. The average molecular weight is 574 g/mol. The topological polar surface area (TPSA) is 47.9 Å². The Kier molecular flexibility index (Phi) is 8.32. The van der Waals surface area contributed by atoms with Crippen molar-refractivity contribution in [1.82, 2.24) is 15.0 Å². The van der Waals surface area contributed by atoms with Gasteiger partial charge in [-0.05, 0) is 29.4 Å². The molecule has 0 amide bonds. The fourth-order valence-electron chi connectivity index (χ4n) is 2.13. The van der Waals surface area contributed by atoms with Crippen LogP contribution in [0.2, 0.25) is 0 Å². The SMILES string of the molecule is COc1ccnc(-c2[c-]cc(F)cc2F)c1.[Ir].[c-]1ncccc1-c1cscn1. The van der Waals surface area contributed by atoms with Crippen LogP contribution < -0.4 is 4.74 Å². The second-order valence-corrected chi connectivity index (χ2v) is 5.88. The summed E-state index contributed by atoms with van der Waals surface area (Å²) in [6, 6.07) is 11.4. The molecule has 0 aliphatic carbocycles. The third-order valence-electron chi connectivity index (χ3n) is 3.40. The molecule has 3 aromatic heterocycles. The van der Waals surface area contributed by atoms with Gasteiger partial charge in [-0.15, -0.1) is 41.2 Å². The molecule has 0 N–H and O–H groups in total. The van der Waals surface area contributed by atoms with E-state index in [2.05, 4.69) is 27.2 Å². The Bertz CT molecular complexity index is 1000. The van der Waals surface area contributed by atoms with E-state index in [1.165, 1.54) is 13.3 Å². The number of rotatable bonds is 3. The fourth-order valence-corrected chi connectivity index (χ4v) is 2.68. The van der Waals surface area contributed by atoms with E-state index in [1.54, 1.807) is 35.2 Å². The van der Waals surface area contributed by atoms with Gasteiger partial charge in [0.15, 0.2) is 0 Å². The molecule has 28 heavy (non-hydrogen) atoms. The predicted molar refractivity (Wildman–Crippen MR) is 99.2 cm³/mol. The Labute approximate surface area is 178 Å². The summed E-state index contributed by atoms with van der Waals surface area (Å²) in [6.45, 7) is 0. The standard InChI is InChI=1S/C12H8F2NO.C8H5N2S.Ir/c1-16-9-4-5-15-12(7-9)10-3-2-8(13)6-11(10)14;1-2-7(4-9-3-1)8-5-11-6-10-8;/h2,4-7H,1H3;1-3,5-6H;/q2*-1;. The summed E-state index contributed by atoms with van der Waals surface area (Å²) in [5.74, 6) is -0.799. The Morgan fingerprint density at radius 1 is 1.07 bits per heavy atom. The minimum absolute atomic E-state index is 0. The smallest absolute Gasteiger partial charge is 0.113 e. The van der Waals surface area contributed by atoms with Crippen molar-refractivity contribution in [2.45, 2.75) is 0 Å². The number of thiazole rings is 1. The largest absolute Gasteiger partial charge is 0.497 e. The van der Waals surface area contributed by atoms with E-state index < -0.39 is 11.6 Å². The van der Waals surface area contributed by atoms with E-state index in [0.29, 0.717) is 11.4 Å². The van der Waals surface area contributed by atoms with Crippen LogP contribution in [0.4, 0.5) is 8.78 Å². The zero-order chi connectivity index (χ0) is 19.1. The normalized spacial score (nSPS) is 9.68. The first-order valence-corrected chi connectivity index (χ1v) is 8.70. The van der Waals surface area contributed by atoms with Gasteiger partial charge in [0.05, 0.1) is 12.6 Å². The fraction of sp³-hybridized carbons (Fsp3) is 0.0500. The molecule has 0 saturated carbocycles. The molecule has 1 aromatic carbocycles. The zero-order valence-corrected chi connectivity index (χ0v) is 17.7. The van der Waals surface area contributed by atoms with E-state index in [4.69, 9.17) is 4.74 Å². The first-order chi connectivity index (χ1) is 13.2. The molecule has 0 fully saturated rings. The number of ether oxygens (including phenoxy) is 1. The molecule has 145 valence electrons. The van der Waals surface area contributed by atoms with Crippen molar-refractivity contribution in [3.8, 4) is 28.3 Å². The quantitative estimate of drug-likeness (QED) is 0.330. The molecular formula is C20H13F2IrN3OS-2. The molecule has 4 nitrogen and oxygen atoms in total. The summed E-state index contributed by atoms with van der Waals surface area (Å²) in [5, 5.41) is 1.98. The van der Waals surface area contributed by atoms with Crippen molar-refractivity contribution in [2.75, 3.05) is 7.11 Å². The van der Waals surface area contributed by atoms with Crippen LogP contribution >= 0.6 is 11.3 Å². The summed E-state index contributed by atoms with van der Waals surface area (Å²) in [5.41, 5.74) is 4.19. The first-order valence-electron chi connectivity index (χ1n) is 7.76. The number of hydrogen-bond acceptors (Lipinski definition) is 5. The molecule has 0 atom stereocenters. The van der Waals surface area contributed by atoms with Crippen LogP contribution in [0.15, 0.2) is 59.7 Å². The van der Waals surface area contributed by atoms with Crippen molar-refractivity contribution >= 4 is 11.3 Å². The first kappa shape index (κ1) is 21.8. The predicted octanol–water partition coefficient (Wildman–Crippen LogP) is 4.84. The van der Waals surface area contributed by atoms with Crippen LogP contribution in [0.3, 0.4) is 0 Å². The molecule has 4 aromatic rings. The number of hydrogen-bond donors (Lipinski definition) is 0. The summed E-state index contributed by atoms with van der Waals surface area (Å²) >= 11 is 1.58. The number of methoxy groups -OCH3 is 1. The second kappa shape index (κ2) is 10.7. The molecule has 0 bridgehead atoms. The third kappa shape index (κ3) is 5.73. The van der Waals surface area contributed by atoms with Gasteiger partial charge in [0, 0.05) is 43.6 Å². The van der Waals surface area contributed by atoms with Gasteiger partial charge in [-0.1, -0.05) is 17.8 Å². The van der Waals surface area contributed by atoms with Gasteiger partial charge in [-0.25, -0.2) is 0 Å². The summed E-state index contributed by atoms with van der Waals surface area (Å²) in [4.78, 5) is 12.0. The van der Waals surface area contributed by atoms with E-state index in [9.17, 15) is 8.78 Å². The summed E-state index contributed by atoms with van der Waals surface area (Å²) in [6.07, 6.45) is 6.06. The van der Waals surface area contributed by atoms with Crippen LogP contribution in [-0.4, -0.2) is 22.1 Å². The van der Waals surface area contributed by atoms with Crippen LogP contribution in [0.25, 0.3) is 22.5 Å². The molecule has 8 heteroatoms. The van der Waals surface area contributed by atoms with E-state index >= 15 is 0 Å². The molecule has 0 aliphatic rings. The molecule has 0 aliphatic heterocycles. The number of aromatic nitrogens is 3. The number of benzene rings is 1. The van der Waals surface area contributed by atoms with Crippen molar-refractivity contribution in [2.24, 2.45) is 0 Å². The number of halogens is 2. The Balaban J connectivity index is 0.000000205. The second-order valence-electron chi connectivity index (χ2n) is 5.16. The Hall–Kier alpha value is -2.54. The molecular weight excluding hydrogens is 561 g/mol. The van der Waals surface area contributed by atoms with Crippen LogP contribution in [0, 0.1) is 23.9 Å². The van der Waals surface area contributed by atoms with Gasteiger partial charge in [-0.2, -0.15) is 0 Å². The van der Waals surface area contributed by atoms with Crippen LogP contribution in [0.1, 0.15) is 0 Å². The number of pyridine rings is 2. The van der Waals surface area contributed by atoms with Gasteiger partial charge in [-0.3, -0.25) is 13.8 Å². The van der Waals surface area contributed by atoms with Gasteiger partial charge >= 0.3 is 0 Å². The van der Waals surface area contributed by atoms with Crippen LogP contribution in [0.5, 0.6) is 5.75 Å². The molecule has 0 unspecified atom stereocenters. The number of nitrogens with zero attached hydrogens (tertiary/aromatic N) is 3. The Morgan fingerprint density at radius 3 is 2.57 bits per heavy atom. The maximum absolute atomic E-state index is 13.4. The van der Waals surface area contributed by atoms with Gasteiger partial charge in [0.2, 0.25) is 0 Å². The van der Waals surface area contributed by atoms with E-state index in [0.717, 1.165) is 23.4 Å². The maximum Gasteiger partial charge on any atom is 0.113 e. The molecule has 0 saturated heterocycles. The minimum Gasteiger partial charge on any atom is -0.497 e. The van der Waals surface area contributed by atoms with E-state index in [-0.39, 0.29) is 25.7 Å². The van der Waals surface area contributed by atoms with Crippen molar-refractivity contribution in [3.05, 3.63) is 83.6 Å².